The van der Waals surface area contributed by atoms with Crippen LogP contribution < -0.4 is 0 Å². The van der Waals surface area contributed by atoms with Crippen molar-refractivity contribution in [1.82, 2.24) is 0 Å². The van der Waals surface area contributed by atoms with E-state index in [4.69, 9.17) is 28.4 Å². The maximum atomic E-state index is 10.8. The highest BCUT2D eigenvalue weighted by atomic mass is 16.7. The first-order valence-electron chi connectivity index (χ1n) is 8.94. The van der Waals surface area contributed by atoms with Gasteiger partial charge < -0.3 is 33.2 Å². The molecular weight excluding hydrogens is 332 g/mol. The van der Waals surface area contributed by atoms with Gasteiger partial charge in [0.25, 0.3) is 0 Å². The number of rotatable bonds is 16. The molecule has 1 rings (SSSR count). The van der Waals surface area contributed by atoms with E-state index in [2.05, 4.69) is 4.74 Å². The molecule has 25 heavy (non-hydrogen) atoms. The van der Waals surface area contributed by atoms with Crippen LogP contribution in [0.25, 0.3) is 0 Å². The third kappa shape index (κ3) is 14.1. The summed E-state index contributed by atoms with van der Waals surface area (Å²) in [6.45, 7) is 5.23. The molecule has 8 heteroatoms. The van der Waals surface area contributed by atoms with Gasteiger partial charge in [-0.2, -0.15) is 0 Å². The highest BCUT2D eigenvalue weighted by molar-refractivity contribution is 5.69. The van der Waals surface area contributed by atoms with Crippen LogP contribution in [-0.2, 0) is 38.0 Å². The first-order valence-corrected chi connectivity index (χ1v) is 8.94. The molecule has 0 N–H and O–H groups in total. The molecule has 1 fully saturated rings. The van der Waals surface area contributed by atoms with E-state index >= 15 is 0 Å². The van der Waals surface area contributed by atoms with Gasteiger partial charge in [0.05, 0.1) is 73.0 Å². The third-order valence-electron chi connectivity index (χ3n) is 3.46. The van der Waals surface area contributed by atoms with Crippen molar-refractivity contribution in [3.8, 4) is 0 Å². The first kappa shape index (κ1) is 22.3. The molecule has 0 spiro atoms. The Morgan fingerprint density at radius 1 is 0.840 bits per heavy atom. The number of esters is 1. The molecule has 0 bridgehead atoms. The van der Waals surface area contributed by atoms with E-state index in [0.717, 1.165) is 19.4 Å². The van der Waals surface area contributed by atoms with Gasteiger partial charge in [-0.1, -0.05) is 0 Å². The molecule has 0 aliphatic carbocycles. The zero-order valence-corrected chi connectivity index (χ0v) is 15.2. The lowest BCUT2D eigenvalue weighted by atomic mass is 10.2. The maximum absolute atomic E-state index is 10.8. The molecule has 0 radical (unpaired) electrons. The van der Waals surface area contributed by atoms with Crippen LogP contribution >= 0.6 is 0 Å². The van der Waals surface area contributed by atoms with Gasteiger partial charge >= 0.3 is 5.97 Å². The van der Waals surface area contributed by atoms with E-state index in [1.165, 1.54) is 13.5 Å². The molecule has 0 aromatic heterocycles. The summed E-state index contributed by atoms with van der Waals surface area (Å²) in [7, 11) is 1.36. The molecule has 8 nitrogen and oxygen atoms in total. The highest BCUT2D eigenvalue weighted by Gasteiger charge is 2.13. The molecule has 1 aliphatic heterocycles. The minimum absolute atomic E-state index is 0.0600. The molecule has 1 saturated heterocycles. The Bertz CT molecular complexity index is 307. The van der Waals surface area contributed by atoms with Crippen molar-refractivity contribution in [3.63, 3.8) is 0 Å². The first-order chi connectivity index (χ1) is 12.3. The van der Waals surface area contributed by atoms with Gasteiger partial charge in [-0.05, 0) is 19.3 Å². The molecule has 0 aromatic rings. The minimum atomic E-state index is -0.273. The number of hydrogen-bond acceptors (Lipinski definition) is 8. The monoisotopic (exact) mass is 364 g/mol. The summed E-state index contributed by atoms with van der Waals surface area (Å²) in [6.07, 6.45) is 3.47. The zero-order chi connectivity index (χ0) is 18.0. The smallest absolute Gasteiger partial charge is 0.307 e. The molecule has 0 amide bonds. The number of methoxy groups -OCH3 is 1. The largest absolute Gasteiger partial charge is 0.469 e. The number of carbonyl (C=O) groups excluding carboxylic acids is 1. The molecule has 0 saturated carbocycles. The van der Waals surface area contributed by atoms with E-state index in [1.807, 2.05) is 0 Å². The van der Waals surface area contributed by atoms with Crippen LogP contribution in [0.1, 0.15) is 25.7 Å². The molecule has 148 valence electrons. The van der Waals surface area contributed by atoms with Crippen molar-refractivity contribution in [2.24, 2.45) is 0 Å². The van der Waals surface area contributed by atoms with Gasteiger partial charge in [-0.3, -0.25) is 4.79 Å². The summed E-state index contributed by atoms with van der Waals surface area (Å²) in [5.74, 6) is -0.273. The molecule has 1 heterocycles. The Hall–Kier alpha value is -0.770. The summed E-state index contributed by atoms with van der Waals surface area (Å²) in [5.41, 5.74) is 0. The SMILES string of the molecule is COC(=O)CCOCCOCCOCCOCCOC1CCCCO1. The second-order valence-corrected chi connectivity index (χ2v) is 5.44. The minimum Gasteiger partial charge on any atom is -0.469 e. The van der Waals surface area contributed by atoms with Crippen LogP contribution in [0.4, 0.5) is 0 Å². The van der Waals surface area contributed by atoms with E-state index in [1.54, 1.807) is 0 Å². The Morgan fingerprint density at radius 2 is 1.40 bits per heavy atom. The summed E-state index contributed by atoms with van der Waals surface area (Å²) in [5, 5.41) is 0. The van der Waals surface area contributed by atoms with Crippen molar-refractivity contribution in [3.05, 3.63) is 0 Å². The predicted molar refractivity (Wildman–Crippen MR) is 89.5 cm³/mol. The van der Waals surface area contributed by atoms with Gasteiger partial charge in [0.1, 0.15) is 0 Å². The fourth-order valence-corrected chi connectivity index (χ4v) is 2.10. The van der Waals surface area contributed by atoms with E-state index in [-0.39, 0.29) is 18.7 Å². The van der Waals surface area contributed by atoms with Crippen molar-refractivity contribution >= 4 is 5.97 Å². The van der Waals surface area contributed by atoms with Gasteiger partial charge in [0.15, 0.2) is 6.29 Å². The summed E-state index contributed by atoms with van der Waals surface area (Å²) >= 11 is 0. The fraction of sp³-hybridized carbons (Fsp3) is 0.941. The van der Waals surface area contributed by atoms with Crippen LogP contribution in [0.3, 0.4) is 0 Å². The third-order valence-corrected chi connectivity index (χ3v) is 3.46. The van der Waals surface area contributed by atoms with Crippen LogP contribution in [0.2, 0.25) is 0 Å². The molecular formula is C17H32O8. The topological polar surface area (TPSA) is 81.7 Å². The second kappa shape index (κ2) is 16.7. The van der Waals surface area contributed by atoms with Crippen LogP contribution in [0.5, 0.6) is 0 Å². The quantitative estimate of drug-likeness (QED) is 0.298. The summed E-state index contributed by atoms with van der Waals surface area (Å²) < 4.78 is 36.9. The standard InChI is InChI=1S/C17H32O8/c1-19-16(18)5-7-20-8-9-21-10-11-22-12-13-23-14-15-25-17-4-2-3-6-24-17/h17H,2-15H2,1H3. The summed E-state index contributed by atoms with van der Waals surface area (Å²) in [6, 6.07) is 0. The van der Waals surface area contributed by atoms with Crippen molar-refractivity contribution < 1.29 is 38.0 Å². The lowest BCUT2D eigenvalue weighted by Crippen LogP contribution is -2.24. The van der Waals surface area contributed by atoms with E-state index in [9.17, 15) is 4.79 Å². The molecule has 1 aliphatic rings. The normalized spacial score (nSPS) is 17.6. The number of hydrogen-bond donors (Lipinski definition) is 0. The maximum Gasteiger partial charge on any atom is 0.307 e. The van der Waals surface area contributed by atoms with Gasteiger partial charge in [0, 0.05) is 6.61 Å². The highest BCUT2D eigenvalue weighted by Crippen LogP contribution is 2.13. The Kier molecular flexibility index (Phi) is 14.9. The van der Waals surface area contributed by atoms with Crippen LogP contribution in [0, 0.1) is 0 Å². The van der Waals surface area contributed by atoms with Crippen molar-refractivity contribution in [2.75, 3.05) is 73.2 Å². The number of carbonyl (C=O) groups is 1. The fourth-order valence-electron chi connectivity index (χ4n) is 2.10. The van der Waals surface area contributed by atoms with Gasteiger partial charge in [-0.15, -0.1) is 0 Å². The predicted octanol–water partition coefficient (Wildman–Crippen LogP) is 1.16. The molecule has 1 atom stereocenters. The lowest BCUT2D eigenvalue weighted by Gasteiger charge is -2.22. The second-order valence-electron chi connectivity index (χ2n) is 5.44. The van der Waals surface area contributed by atoms with Crippen LogP contribution in [0.15, 0.2) is 0 Å². The van der Waals surface area contributed by atoms with E-state index < -0.39 is 0 Å². The van der Waals surface area contributed by atoms with Crippen molar-refractivity contribution in [1.29, 1.82) is 0 Å². The Labute approximate surface area is 150 Å². The van der Waals surface area contributed by atoms with Crippen LogP contribution in [-0.4, -0.2) is 85.4 Å². The Balaban J connectivity index is 1.68. The average Bonchev–Trinajstić information content (AvgIpc) is 2.65. The van der Waals surface area contributed by atoms with Crippen molar-refractivity contribution in [2.45, 2.75) is 32.0 Å². The van der Waals surface area contributed by atoms with E-state index in [0.29, 0.717) is 59.5 Å². The number of ether oxygens (including phenoxy) is 7. The Morgan fingerprint density at radius 3 is 1.92 bits per heavy atom. The molecule has 0 aromatic carbocycles. The molecule has 1 unspecified atom stereocenters. The summed E-state index contributed by atoms with van der Waals surface area (Å²) in [4.78, 5) is 10.8. The average molecular weight is 364 g/mol. The zero-order valence-electron chi connectivity index (χ0n) is 15.2. The van der Waals surface area contributed by atoms with Gasteiger partial charge in [-0.25, -0.2) is 0 Å². The van der Waals surface area contributed by atoms with Gasteiger partial charge in [0.2, 0.25) is 0 Å². The lowest BCUT2D eigenvalue weighted by molar-refractivity contribution is -0.169.